The van der Waals surface area contributed by atoms with Crippen LogP contribution in [0.1, 0.15) is 5.69 Å². The van der Waals surface area contributed by atoms with Gasteiger partial charge >= 0.3 is 0 Å². The van der Waals surface area contributed by atoms with Gasteiger partial charge in [-0.05, 0) is 47.2 Å². The first-order valence-electron chi connectivity index (χ1n) is 5.25. The molecule has 0 bridgehead atoms. The number of nitrogens with zero attached hydrogens (tertiary/aromatic N) is 2. The molecule has 0 spiro atoms. The topological polar surface area (TPSA) is 29.9 Å². The molecule has 90 valence electrons. The number of aromatic nitrogens is 2. The van der Waals surface area contributed by atoms with Gasteiger partial charge in [-0.1, -0.05) is 11.6 Å². The Hall–Kier alpha value is -0.840. The van der Waals surface area contributed by atoms with E-state index in [1.807, 2.05) is 38.4 Å². The molecule has 2 aromatic rings. The van der Waals surface area contributed by atoms with E-state index in [0.29, 0.717) is 0 Å². The fourth-order valence-electron chi connectivity index (χ4n) is 1.71. The predicted octanol–water partition coefficient (Wildman–Crippen LogP) is 3.22. The summed E-state index contributed by atoms with van der Waals surface area (Å²) in [5.41, 5.74) is 2.18. The second-order valence-corrected chi connectivity index (χ2v) is 4.96. The van der Waals surface area contributed by atoms with Gasteiger partial charge in [-0.2, -0.15) is 0 Å². The van der Waals surface area contributed by atoms with Crippen molar-refractivity contribution in [3.8, 4) is 11.4 Å². The zero-order valence-corrected chi connectivity index (χ0v) is 12.0. The molecular weight excluding hydrogens is 302 g/mol. The summed E-state index contributed by atoms with van der Waals surface area (Å²) in [6.07, 6.45) is 0. The molecule has 1 aromatic carbocycles. The van der Waals surface area contributed by atoms with Crippen LogP contribution in [0.5, 0.6) is 0 Å². The summed E-state index contributed by atoms with van der Waals surface area (Å²) >= 11 is 9.36. The van der Waals surface area contributed by atoms with Crippen LogP contribution in [-0.2, 0) is 13.6 Å². The maximum Gasteiger partial charge on any atom is 0.141 e. The third kappa shape index (κ3) is 2.54. The summed E-state index contributed by atoms with van der Waals surface area (Å²) in [6.45, 7) is 0.775. The minimum atomic E-state index is 0.734. The highest BCUT2D eigenvalue weighted by molar-refractivity contribution is 9.10. The first-order chi connectivity index (χ1) is 8.13. The largest absolute Gasteiger partial charge is 0.329 e. The van der Waals surface area contributed by atoms with Gasteiger partial charge in [-0.25, -0.2) is 4.98 Å². The third-order valence-electron chi connectivity index (χ3n) is 2.61. The molecule has 0 aliphatic rings. The molecule has 1 N–H and O–H groups in total. The molecular formula is C12H13BrClN3. The lowest BCUT2D eigenvalue weighted by Crippen LogP contribution is -2.10. The van der Waals surface area contributed by atoms with Gasteiger partial charge in [-0.3, -0.25) is 0 Å². The maximum absolute atomic E-state index is 5.88. The molecule has 3 nitrogen and oxygen atoms in total. The van der Waals surface area contributed by atoms with Gasteiger partial charge in [0.05, 0.1) is 5.69 Å². The van der Waals surface area contributed by atoms with Crippen LogP contribution < -0.4 is 5.32 Å². The highest BCUT2D eigenvalue weighted by Crippen LogP contribution is 2.25. The van der Waals surface area contributed by atoms with E-state index in [4.69, 9.17) is 11.6 Å². The minimum absolute atomic E-state index is 0.734. The number of halogens is 2. The van der Waals surface area contributed by atoms with Gasteiger partial charge in [0.15, 0.2) is 0 Å². The molecule has 2 rings (SSSR count). The van der Waals surface area contributed by atoms with Gasteiger partial charge in [-0.15, -0.1) is 0 Å². The highest BCUT2D eigenvalue weighted by Gasteiger charge is 2.13. The van der Waals surface area contributed by atoms with Gasteiger partial charge in [0.1, 0.15) is 10.4 Å². The van der Waals surface area contributed by atoms with E-state index >= 15 is 0 Å². The summed E-state index contributed by atoms with van der Waals surface area (Å²) in [4.78, 5) is 4.53. The Kier molecular flexibility index (Phi) is 3.86. The molecule has 1 aromatic heterocycles. The van der Waals surface area contributed by atoms with E-state index in [0.717, 1.165) is 33.3 Å². The fraction of sp³-hybridized carbons (Fsp3) is 0.250. The number of benzene rings is 1. The Morgan fingerprint density at radius 1 is 1.35 bits per heavy atom. The number of nitrogens with one attached hydrogen (secondary N) is 1. The van der Waals surface area contributed by atoms with Crippen LogP contribution in [-0.4, -0.2) is 16.6 Å². The minimum Gasteiger partial charge on any atom is -0.329 e. The van der Waals surface area contributed by atoms with Crippen molar-refractivity contribution in [3.63, 3.8) is 0 Å². The molecule has 0 saturated carbocycles. The van der Waals surface area contributed by atoms with Crippen molar-refractivity contribution in [1.29, 1.82) is 0 Å². The van der Waals surface area contributed by atoms with Crippen LogP contribution in [0.25, 0.3) is 11.4 Å². The quantitative estimate of drug-likeness (QED) is 0.942. The van der Waals surface area contributed by atoms with E-state index in [-0.39, 0.29) is 0 Å². The standard InChI is InChI=1S/C12H13BrClN3/c1-15-7-10-11(13)16-12(17(10)2)8-3-5-9(14)6-4-8/h3-6,15H,7H2,1-2H3. The smallest absolute Gasteiger partial charge is 0.141 e. The average molecular weight is 315 g/mol. The number of hydrogen-bond acceptors (Lipinski definition) is 2. The molecule has 0 saturated heterocycles. The van der Waals surface area contributed by atoms with E-state index in [1.165, 1.54) is 0 Å². The van der Waals surface area contributed by atoms with E-state index < -0.39 is 0 Å². The SMILES string of the molecule is CNCc1c(Br)nc(-c2ccc(Cl)cc2)n1C. The first kappa shape index (κ1) is 12.6. The monoisotopic (exact) mass is 313 g/mol. The normalized spacial score (nSPS) is 10.8. The summed E-state index contributed by atoms with van der Waals surface area (Å²) in [6, 6.07) is 7.69. The zero-order chi connectivity index (χ0) is 12.4. The summed E-state index contributed by atoms with van der Waals surface area (Å²) in [7, 11) is 3.93. The molecule has 0 atom stereocenters. The lowest BCUT2D eigenvalue weighted by Gasteiger charge is -2.05. The molecule has 0 aliphatic carbocycles. The van der Waals surface area contributed by atoms with Gasteiger partial charge < -0.3 is 9.88 Å². The Morgan fingerprint density at radius 2 is 2.00 bits per heavy atom. The summed E-state index contributed by atoms with van der Waals surface area (Å²) in [5, 5.41) is 3.86. The van der Waals surface area contributed by atoms with E-state index in [2.05, 4.69) is 30.8 Å². The molecule has 0 radical (unpaired) electrons. The van der Waals surface area contributed by atoms with Crippen LogP contribution >= 0.6 is 27.5 Å². The predicted molar refractivity (Wildman–Crippen MR) is 74.1 cm³/mol. The van der Waals surface area contributed by atoms with Gasteiger partial charge in [0.2, 0.25) is 0 Å². The van der Waals surface area contributed by atoms with Crippen LogP contribution in [0.15, 0.2) is 28.9 Å². The molecule has 5 heteroatoms. The number of hydrogen-bond donors (Lipinski definition) is 1. The lowest BCUT2D eigenvalue weighted by molar-refractivity contribution is 0.734. The van der Waals surface area contributed by atoms with Gasteiger partial charge in [0.25, 0.3) is 0 Å². The molecule has 17 heavy (non-hydrogen) atoms. The van der Waals surface area contributed by atoms with Crippen molar-refractivity contribution in [2.45, 2.75) is 6.54 Å². The molecule has 0 unspecified atom stereocenters. The number of rotatable bonds is 3. The molecule has 0 amide bonds. The Balaban J connectivity index is 2.46. The van der Waals surface area contributed by atoms with Crippen LogP contribution in [0.2, 0.25) is 5.02 Å². The zero-order valence-electron chi connectivity index (χ0n) is 9.67. The summed E-state index contributed by atoms with van der Waals surface area (Å²) in [5.74, 6) is 0.929. The highest BCUT2D eigenvalue weighted by atomic mass is 79.9. The maximum atomic E-state index is 5.88. The van der Waals surface area contributed by atoms with Crippen LogP contribution in [0, 0.1) is 0 Å². The van der Waals surface area contributed by atoms with Crippen molar-refractivity contribution in [1.82, 2.24) is 14.9 Å². The van der Waals surface area contributed by atoms with E-state index in [1.54, 1.807) is 0 Å². The molecule has 0 aliphatic heterocycles. The molecule has 0 fully saturated rings. The second-order valence-electron chi connectivity index (χ2n) is 3.77. The van der Waals surface area contributed by atoms with Crippen molar-refractivity contribution < 1.29 is 0 Å². The Labute approximate surface area is 114 Å². The number of imidazole rings is 1. The van der Waals surface area contributed by atoms with Crippen molar-refractivity contribution >= 4 is 27.5 Å². The van der Waals surface area contributed by atoms with E-state index in [9.17, 15) is 0 Å². The van der Waals surface area contributed by atoms with Crippen molar-refractivity contribution in [2.75, 3.05) is 7.05 Å². The second kappa shape index (κ2) is 5.21. The summed E-state index contributed by atoms with van der Waals surface area (Å²) < 4.78 is 2.95. The molecule has 1 heterocycles. The van der Waals surface area contributed by atoms with Crippen LogP contribution in [0.3, 0.4) is 0 Å². The average Bonchev–Trinajstić information content (AvgIpc) is 2.59. The fourth-order valence-corrected chi connectivity index (χ4v) is 2.41. The lowest BCUT2D eigenvalue weighted by atomic mass is 10.2. The first-order valence-corrected chi connectivity index (χ1v) is 6.42. The van der Waals surface area contributed by atoms with Crippen LogP contribution in [0.4, 0.5) is 0 Å². The van der Waals surface area contributed by atoms with Gasteiger partial charge in [0, 0.05) is 24.2 Å². The Morgan fingerprint density at radius 3 is 2.59 bits per heavy atom. The van der Waals surface area contributed by atoms with Crippen molar-refractivity contribution in [3.05, 3.63) is 39.6 Å². The Bertz CT molecular complexity index is 519. The van der Waals surface area contributed by atoms with Crippen molar-refractivity contribution in [2.24, 2.45) is 7.05 Å². The third-order valence-corrected chi connectivity index (χ3v) is 3.50.